The topological polar surface area (TPSA) is 61.4 Å². The Morgan fingerprint density at radius 1 is 1.20 bits per heavy atom. The summed E-state index contributed by atoms with van der Waals surface area (Å²) in [6.07, 6.45) is 8.75. The molecule has 5 nitrogen and oxygen atoms in total. The van der Waals surface area contributed by atoms with Gasteiger partial charge in [-0.25, -0.2) is 8.42 Å². The van der Waals surface area contributed by atoms with Gasteiger partial charge < -0.3 is 15.5 Å². The molecule has 166 valence electrons. The minimum absolute atomic E-state index is 0.229. The van der Waals surface area contributed by atoms with E-state index in [0.717, 1.165) is 25.4 Å². The molecule has 0 radical (unpaired) electrons. The van der Waals surface area contributed by atoms with Crippen molar-refractivity contribution in [2.45, 2.75) is 44.7 Å². The zero-order valence-corrected chi connectivity index (χ0v) is 19.3. The van der Waals surface area contributed by atoms with Gasteiger partial charge in [-0.2, -0.15) is 0 Å². The highest BCUT2D eigenvalue weighted by atomic mass is 32.2. The van der Waals surface area contributed by atoms with Gasteiger partial charge in [0.25, 0.3) is 0 Å². The van der Waals surface area contributed by atoms with E-state index < -0.39 is 9.84 Å². The number of hydrogen-bond donors (Lipinski definition) is 2. The second-order valence-electron chi connectivity index (χ2n) is 9.79. The summed E-state index contributed by atoms with van der Waals surface area (Å²) in [7, 11) is -2.85. The van der Waals surface area contributed by atoms with Crippen LogP contribution in [0.4, 0.5) is 0 Å². The van der Waals surface area contributed by atoms with E-state index in [4.69, 9.17) is 0 Å². The van der Waals surface area contributed by atoms with Gasteiger partial charge in [0.2, 0.25) is 0 Å². The van der Waals surface area contributed by atoms with Crippen molar-refractivity contribution in [1.29, 1.82) is 0 Å². The molecule has 0 unspecified atom stereocenters. The van der Waals surface area contributed by atoms with Crippen LogP contribution in [-0.4, -0.2) is 70.1 Å². The summed E-state index contributed by atoms with van der Waals surface area (Å²) < 4.78 is 22.3. The summed E-state index contributed by atoms with van der Waals surface area (Å²) in [5.41, 5.74) is 3.47. The summed E-state index contributed by atoms with van der Waals surface area (Å²) in [6, 6.07) is 12.1. The molecule has 1 aromatic rings. The van der Waals surface area contributed by atoms with Crippen molar-refractivity contribution in [3.05, 3.63) is 41.5 Å². The van der Waals surface area contributed by atoms with Crippen molar-refractivity contribution in [3.63, 3.8) is 0 Å². The van der Waals surface area contributed by atoms with Crippen LogP contribution in [0.2, 0.25) is 0 Å². The Morgan fingerprint density at radius 2 is 1.93 bits per heavy atom. The van der Waals surface area contributed by atoms with Crippen molar-refractivity contribution in [2.75, 3.05) is 44.7 Å². The van der Waals surface area contributed by atoms with Crippen LogP contribution in [0.25, 0.3) is 6.08 Å². The lowest BCUT2D eigenvalue weighted by atomic mass is 9.60. The molecule has 1 aliphatic heterocycles. The van der Waals surface area contributed by atoms with Crippen LogP contribution in [0.15, 0.2) is 35.9 Å². The molecule has 3 fully saturated rings. The van der Waals surface area contributed by atoms with Gasteiger partial charge in [0.1, 0.15) is 9.84 Å². The van der Waals surface area contributed by atoms with Crippen molar-refractivity contribution >= 4 is 15.9 Å². The maximum absolute atomic E-state index is 11.1. The SMILES string of the molecule is CC/C(=C\c1ccccc1)[C@@H]1C[C@H]1NC1CC2(C1)CN(CCNCCS(C)(=O)=O)C2. The fourth-order valence-electron chi connectivity index (χ4n) is 5.37. The van der Waals surface area contributed by atoms with Crippen LogP contribution in [0.5, 0.6) is 0 Å². The summed E-state index contributed by atoms with van der Waals surface area (Å²) in [5, 5.41) is 7.17. The van der Waals surface area contributed by atoms with E-state index in [1.54, 1.807) is 5.57 Å². The van der Waals surface area contributed by atoms with Gasteiger partial charge in [-0.3, -0.25) is 0 Å². The van der Waals surface area contributed by atoms with E-state index in [2.05, 4.69) is 58.9 Å². The molecule has 0 bridgehead atoms. The van der Waals surface area contributed by atoms with E-state index in [0.29, 0.717) is 24.0 Å². The second-order valence-corrected chi connectivity index (χ2v) is 12.1. The number of likely N-dealkylation sites (tertiary alicyclic amines) is 1. The summed E-state index contributed by atoms with van der Waals surface area (Å²) in [6.45, 7) is 7.16. The molecule has 1 aromatic carbocycles. The van der Waals surface area contributed by atoms with E-state index >= 15 is 0 Å². The maximum Gasteiger partial charge on any atom is 0.148 e. The first-order chi connectivity index (χ1) is 14.4. The fourth-order valence-corrected chi connectivity index (χ4v) is 5.88. The van der Waals surface area contributed by atoms with E-state index in [9.17, 15) is 8.42 Å². The van der Waals surface area contributed by atoms with Crippen LogP contribution in [0.3, 0.4) is 0 Å². The molecule has 1 spiro atoms. The van der Waals surface area contributed by atoms with Crippen LogP contribution in [0, 0.1) is 11.3 Å². The van der Waals surface area contributed by atoms with E-state index in [1.165, 1.54) is 44.2 Å². The maximum atomic E-state index is 11.1. The van der Waals surface area contributed by atoms with Gasteiger partial charge in [0, 0.05) is 51.1 Å². The minimum atomic E-state index is -2.85. The standard InChI is InChI=1S/C24H37N3O2S/c1-3-20(13-19-7-5-4-6-8-19)22-14-23(22)26-21-15-24(16-21)17-27(18-24)11-9-25-10-12-30(2,28)29/h4-8,13,21-23,25-26H,3,9-12,14-18H2,1-2H3/b20-13+/t22-,23+/m0/s1. The second kappa shape index (κ2) is 9.11. The molecule has 0 amide bonds. The van der Waals surface area contributed by atoms with Gasteiger partial charge in [0.05, 0.1) is 5.75 Å². The van der Waals surface area contributed by atoms with Crippen LogP contribution in [-0.2, 0) is 9.84 Å². The molecule has 6 heteroatoms. The third-order valence-corrected chi connectivity index (χ3v) is 7.95. The van der Waals surface area contributed by atoms with Crippen molar-refractivity contribution in [3.8, 4) is 0 Å². The van der Waals surface area contributed by atoms with Gasteiger partial charge in [-0.05, 0) is 42.6 Å². The molecule has 2 atom stereocenters. The summed E-state index contributed by atoms with van der Waals surface area (Å²) in [4.78, 5) is 2.50. The molecule has 2 aliphatic carbocycles. The summed E-state index contributed by atoms with van der Waals surface area (Å²) in [5.74, 6) is 0.954. The Labute approximate surface area is 182 Å². The molecule has 3 aliphatic rings. The predicted octanol–water partition coefficient (Wildman–Crippen LogP) is 2.56. The van der Waals surface area contributed by atoms with Crippen LogP contribution >= 0.6 is 0 Å². The first-order valence-electron chi connectivity index (χ1n) is 11.5. The van der Waals surface area contributed by atoms with Crippen LogP contribution in [0.1, 0.15) is 38.2 Å². The van der Waals surface area contributed by atoms with Gasteiger partial charge in [0.15, 0.2) is 0 Å². The predicted molar refractivity (Wildman–Crippen MR) is 124 cm³/mol. The zero-order valence-electron chi connectivity index (χ0n) is 18.4. The Hall–Kier alpha value is -1.21. The number of nitrogens with one attached hydrogen (secondary N) is 2. The number of benzene rings is 1. The lowest BCUT2D eigenvalue weighted by Gasteiger charge is -2.59. The quantitative estimate of drug-likeness (QED) is 0.527. The van der Waals surface area contributed by atoms with Gasteiger partial charge >= 0.3 is 0 Å². The molecule has 2 N–H and O–H groups in total. The highest BCUT2D eigenvalue weighted by Crippen LogP contribution is 2.50. The lowest BCUT2D eigenvalue weighted by Crippen LogP contribution is -2.66. The average molecular weight is 432 g/mol. The number of hydrogen-bond acceptors (Lipinski definition) is 5. The first-order valence-corrected chi connectivity index (χ1v) is 13.5. The lowest BCUT2D eigenvalue weighted by molar-refractivity contribution is -0.0779. The van der Waals surface area contributed by atoms with Crippen molar-refractivity contribution in [1.82, 2.24) is 15.5 Å². The fraction of sp³-hybridized carbons (Fsp3) is 0.667. The Kier molecular flexibility index (Phi) is 6.68. The Bertz CT molecular complexity index is 838. The smallest absolute Gasteiger partial charge is 0.148 e. The molecular formula is C24H37N3O2S. The molecule has 1 heterocycles. The number of rotatable bonds is 11. The molecule has 1 saturated heterocycles. The first kappa shape index (κ1) is 22.0. The van der Waals surface area contributed by atoms with Gasteiger partial charge in [-0.1, -0.05) is 48.9 Å². The number of nitrogens with zero attached hydrogens (tertiary/aromatic N) is 1. The van der Waals surface area contributed by atoms with Crippen molar-refractivity contribution < 1.29 is 8.42 Å². The average Bonchev–Trinajstić information content (AvgIpc) is 3.40. The number of sulfone groups is 1. The highest BCUT2D eigenvalue weighted by molar-refractivity contribution is 7.90. The molecule has 0 aromatic heterocycles. The monoisotopic (exact) mass is 431 g/mol. The Balaban J connectivity index is 1.11. The minimum Gasteiger partial charge on any atom is -0.314 e. The van der Waals surface area contributed by atoms with E-state index in [-0.39, 0.29) is 5.75 Å². The third-order valence-electron chi connectivity index (χ3n) is 7.01. The normalized spacial score (nSPS) is 26.4. The summed E-state index contributed by atoms with van der Waals surface area (Å²) >= 11 is 0. The third kappa shape index (κ3) is 5.72. The highest BCUT2D eigenvalue weighted by Gasteiger charge is 2.53. The molecule has 2 saturated carbocycles. The molecule has 30 heavy (non-hydrogen) atoms. The zero-order chi connectivity index (χ0) is 21.2. The molecule has 4 rings (SSSR count). The van der Waals surface area contributed by atoms with Gasteiger partial charge in [-0.15, -0.1) is 0 Å². The Morgan fingerprint density at radius 3 is 2.60 bits per heavy atom. The van der Waals surface area contributed by atoms with E-state index in [1.807, 2.05) is 0 Å². The van der Waals surface area contributed by atoms with Crippen molar-refractivity contribution in [2.24, 2.45) is 11.3 Å². The molecular weight excluding hydrogens is 394 g/mol. The largest absolute Gasteiger partial charge is 0.314 e. The van der Waals surface area contributed by atoms with Crippen LogP contribution < -0.4 is 10.6 Å².